The highest BCUT2D eigenvalue weighted by Gasteiger charge is 2.34. The number of rotatable bonds is 9. The van der Waals surface area contributed by atoms with Gasteiger partial charge in [0.25, 0.3) is 0 Å². The van der Waals surface area contributed by atoms with Crippen LogP contribution in [0.4, 0.5) is 11.5 Å². The van der Waals surface area contributed by atoms with Gasteiger partial charge in [-0.25, -0.2) is 0 Å². The molecule has 6 rings (SSSR count). The minimum Gasteiger partial charge on any atom is -0.462 e. The summed E-state index contributed by atoms with van der Waals surface area (Å²) in [6.45, 7) is 17.7. The highest BCUT2D eigenvalue weighted by molar-refractivity contribution is 5.94. The van der Waals surface area contributed by atoms with E-state index in [-0.39, 0.29) is 11.8 Å². The van der Waals surface area contributed by atoms with E-state index < -0.39 is 0 Å². The summed E-state index contributed by atoms with van der Waals surface area (Å²) in [7, 11) is 0. The summed E-state index contributed by atoms with van der Waals surface area (Å²) in [5.41, 5.74) is 4.53. The van der Waals surface area contributed by atoms with Gasteiger partial charge in [-0.2, -0.15) is 15.2 Å². The fourth-order valence-corrected chi connectivity index (χ4v) is 7.48. The Morgan fingerprint density at radius 2 is 1.93 bits per heavy atom. The van der Waals surface area contributed by atoms with Crippen LogP contribution in [0.15, 0.2) is 67.3 Å². The van der Waals surface area contributed by atoms with Crippen molar-refractivity contribution >= 4 is 22.3 Å². The third-order valence-corrected chi connectivity index (χ3v) is 9.75. The van der Waals surface area contributed by atoms with E-state index in [9.17, 15) is 5.26 Å². The van der Waals surface area contributed by atoms with Crippen molar-refractivity contribution in [1.82, 2.24) is 14.9 Å². The first-order valence-electron chi connectivity index (χ1n) is 15.9. The fraction of sp³-hybridized carbons (Fsp3) is 0.472. The van der Waals surface area contributed by atoms with Gasteiger partial charge in [0.1, 0.15) is 12.4 Å². The van der Waals surface area contributed by atoms with Crippen LogP contribution in [0.3, 0.4) is 0 Å². The Bertz CT molecular complexity index is 1520. The molecule has 3 aliphatic rings. The van der Waals surface area contributed by atoms with Gasteiger partial charge in [-0.1, -0.05) is 61.2 Å². The molecular formula is C36H44N6O. The number of allylic oxidation sites excluding steroid dienone is 2. The summed E-state index contributed by atoms with van der Waals surface area (Å²) < 4.78 is 6.44. The van der Waals surface area contributed by atoms with Crippen molar-refractivity contribution in [3.8, 4) is 12.1 Å². The minimum atomic E-state index is 0.188. The number of anilines is 2. The van der Waals surface area contributed by atoms with Crippen LogP contribution in [0, 0.1) is 23.2 Å². The van der Waals surface area contributed by atoms with Crippen LogP contribution in [-0.4, -0.2) is 59.7 Å². The molecule has 3 atom stereocenters. The van der Waals surface area contributed by atoms with Crippen molar-refractivity contribution in [2.75, 3.05) is 42.6 Å². The summed E-state index contributed by atoms with van der Waals surface area (Å²) in [6, 6.07) is 18.9. The summed E-state index contributed by atoms with van der Waals surface area (Å²) in [6.07, 6.45) is 6.48. The van der Waals surface area contributed by atoms with Crippen LogP contribution in [0.1, 0.15) is 50.8 Å². The summed E-state index contributed by atoms with van der Waals surface area (Å²) >= 11 is 0. The number of likely N-dealkylation sites (tertiary alicyclic amines) is 1. The Balaban J connectivity index is 1.32. The second-order valence-electron chi connectivity index (χ2n) is 12.6. The molecule has 0 bridgehead atoms. The number of benzene rings is 2. The van der Waals surface area contributed by atoms with Crippen LogP contribution in [0.5, 0.6) is 6.01 Å². The van der Waals surface area contributed by atoms with E-state index in [4.69, 9.17) is 14.7 Å². The molecule has 2 unspecified atom stereocenters. The Morgan fingerprint density at radius 3 is 2.74 bits per heavy atom. The average Bonchev–Trinajstić information content (AvgIpc) is 3.52. The van der Waals surface area contributed by atoms with Gasteiger partial charge < -0.3 is 14.5 Å². The third-order valence-electron chi connectivity index (χ3n) is 9.75. The number of hydrogen-bond acceptors (Lipinski definition) is 7. The lowest BCUT2D eigenvalue weighted by atomic mass is 9.79. The number of piperidine rings is 1. The number of ether oxygens (including phenoxy) is 1. The van der Waals surface area contributed by atoms with Crippen molar-refractivity contribution in [2.24, 2.45) is 11.8 Å². The van der Waals surface area contributed by atoms with Crippen LogP contribution in [-0.2, 0) is 13.0 Å². The van der Waals surface area contributed by atoms with Crippen molar-refractivity contribution in [3.05, 3.63) is 78.5 Å². The van der Waals surface area contributed by atoms with Gasteiger partial charge in [-0.15, -0.1) is 0 Å². The first-order valence-corrected chi connectivity index (χ1v) is 15.9. The molecule has 224 valence electrons. The number of aromatic nitrogens is 2. The first-order chi connectivity index (χ1) is 21.0. The molecule has 1 aromatic heterocycles. The molecule has 2 fully saturated rings. The molecule has 2 saturated heterocycles. The van der Waals surface area contributed by atoms with E-state index in [1.807, 2.05) is 6.08 Å². The maximum absolute atomic E-state index is 9.65. The van der Waals surface area contributed by atoms with Gasteiger partial charge in [0.2, 0.25) is 0 Å². The SMILES string of the molecule is C=CC(=C)C1CCN(c2nc(OC[C@@H]3CCCN3C(C)C)nc3c2CCN(c2cccc4ccccc24)C3)CC1CC#N. The molecule has 0 saturated carbocycles. The molecule has 0 amide bonds. The molecular weight excluding hydrogens is 532 g/mol. The molecule has 7 nitrogen and oxygen atoms in total. The van der Waals surface area contributed by atoms with E-state index in [1.165, 1.54) is 28.4 Å². The zero-order valence-electron chi connectivity index (χ0n) is 25.7. The van der Waals surface area contributed by atoms with Gasteiger partial charge in [0.05, 0.1) is 18.3 Å². The standard InChI is InChI=1S/C36H44N6O/c1-5-26(4)30-16-21-41(22-28(30)15-18-37)35-32-17-20-40(34-14-8-11-27-10-6-7-13-31(27)34)23-33(32)38-36(39-35)43-24-29-12-9-19-42(29)25(2)3/h5-8,10-11,13-14,25,28-30H,1,4,9,12,15-17,19-24H2,2-3H3/t28?,29-,30?/m0/s1. The van der Waals surface area contributed by atoms with Crippen LogP contribution >= 0.6 is 0 Å². The Hall–Kier alpha value is -3.89. The lowest BCUT2D eigenvalue weighted by molar-refractivity contribution is 0.138. The van der Waals surface area contributed by atoms with Crippen LogP contribution in [0.25, 0.3) is 10.8 Å². The second-order valence-corrected chi connectivity index (χ2v) is 12.6. The minimum absolute atomic E-state index is 0.188. The maximum atomic E-state index is 9.65. The largest absolute Gasteiger partial charge is 0.462 e. The summed E-state index contributed by atoms with van der Waals surface area (Å²) in [4.78, 5) is 17.5. The maximum Gasteiger partial charge on any atom is 0.318 e. The second kappa shape index (κ2) is 12.8. The molecule has 2 aromatic carbocycles. The van der Waals surface area contributed by atoms with Gasteiger partial charge in [0.15, 0.2) is 0 Å². The Morgan fingerprint density at radius 1 is 1.09 bits per heavy atom. The van der Waals surface area contributed by atoms with Gasteiger partial charge >= 0.3 is 6.01 Å². The van der Waals surface area contributed by atoms with Gasteiger partial charge in [-0.3, -0.25) is 4.90 Å². The molecule has 7 heteroatoms. The van der Waals surface area contributed by atoms with Crippen LogP contribution < -0.4 is 14.5 Å². The Kier molecular flexibility index (Phi) is 8.67. The van der Waals surface area contributed by atoms with Crippen molar-refractivity contribution in [3.63, 3.8) is 0 Å². The van der Waals surface area contributed by atoms with Crippen LogP contribution in [0.2, 0.25) is 0 Å². The van der Waals surface area contributed by atoms with E-state index in [2.05, 4.69) is 90.2 Å². The van der Waals surface area contributed by atoms with E-state index >= 15 is 0 Å². The molecule has 0 spiro atoms. The predicted octanol–water partition coefficient (Wildman–Crippen LogP) is 6.54. The quantitative estimate of drug-likeness (QED) is 0.268. The lowest BCUT2D eigenvalue weighted by Gasteiger charge is -2.40. The van der Waals surface area contributed by atoms with Gasteiger partial charge in [0, 0.05) is 54.8 Å². The first kappa shape index (κ1) is 29.2. The van der Waals surface area contributed by atoms with Crippen molar-refractivity contribution in [2.45, 2.75) is 64.6 Å². The molecule has 0 N–H and O–H groups in total. The van der Waals surface area contributed by atoms with E-state index in [0.29, 0.717) is 37.7 Å². The summed E-state index contributed by atoms with van der Waals surface area (Å²) in [5, 5.41) is 12.2. The van der Waals surface area contributed by atoms with E-state index in [1.54, 1.807) is 0 Å². The van der Waals surface area contributed by atoms with Crippen molar-refractivity contribution < 1.29 is 4.74 Å². The zero-order chi connectivity index (χ0) is 29.9. The molecule has 3 aliphatic heterocycles. The molecule has 43 heavy (non-hydrogen) atoms. The number of nitriles is 1. The average molecular weight is 577 g/mol. The fourth-order valence-electron chi connectivity index (χ4n) is 7.48. The normalized spacial score (nSPS) is 22.4. The summed E-state index contributed by atoms with van der Waals surface area (Å²) in [5.74, 6) is 1.44. The van der Waals surface area contributed by atoms with Crippen molar-refractivity contribution in [1.29, 1.82) is 5.26 Å². The molecule has 3 aromatic rings. The molecule has 4 heterocycles. The van der Waals surface area contributed by atoms with Gasteiger partial charge in [-0.05, 0) is 69.4 Å². The highest BCUT2D eigenvalue weighted by Crippen LogP contribution is 2.38. The third kappa shape index (κ3) is 5.99. The lowest BCUT2D eigenvalue weighted by Crippen LogP contribution is -2.43. The zero-order valence-corrected chi connectivity index (χ0v) is 25.7. The number of hydrogen-bond donors (Lipinski definition) is 0. The monoisotopic (exact) mass is 576 g/mol. The topological polar surface area (TPSA) is 68.5 Å². The number of nitrogens with zero attached hydrogens (tertiary/aromatic N) is 6. The number of fused-ring (bicyclic) bond motifs is 2. The smallest absolute Gasteiger partial charge is 0.318 e. The molecule has 0 radical (unpaired) electrons. The Labute approximate surface area is 256 Å². The predicted molar refractivity (Wildman–Crippen MR) is 174 cm³/mol. The van der Waals surface area contributed by atoms with E-state index in [0.717, 1.165) is 62.5 Å². The molecule has 0 aliphatic carbocycles. The highest BCUT2D eigenvalue weighted by atomic mass is 16.5.